The van der Waals surface area contributed by atoms with Gasteiger partial charge in [0.1, 0.15) is 17.5 Å². The van der Waals surface area contributed by atoms with Crippen LogP contribution in [0, 0.1) is 45.5 Å². The van der Waals surface area contributed by atoms with Gasteiger partial charge in [0, 0.05) is 26.4 Å². The Hall–Kier alpha value is -8.04. The van der Waals surface area contributed by atoms with Crippen molar-refractivity contribution in [3.8, 4) is 31.4 Å². The van der Waals surface area contributed by atoms with E-state index in [1.165, 1.54) is 25.1 Å². The van der Waals surface area contributed by atoms with Crippen LogP contribution in [-0.4, -0.2) is 112 Å². The SMILES string of the molecule is C#C.C#C.C=Cc1ccccc1C.CC.CCC(=O)O.CCNC(=O)c1c(OC)ccc2ccccc12.CNC(=O)CNC=O.C[C@H](CNCC(=O)N[C@@H](C)C(N)=O)CC(=O)O.Cc1ccc(CS(=O)(=O)O)cc1. The number of carboxylic acids is 2. The van der Waals surface area contributed by atoms with Crippen LogP contribution in [0.15, 0.2) is 91.5 Å². The predicted octanol–water partition coefficient (Wildman–Crippen LogP) is 5.78. The van der Waals surface area contributed by atoms with Crippen LogP contribution in [0.1, 0.15) is 87.0 Å². The first-order valence-electron chi connectivity index (χ1n) is 22.8. The van der Waals surface area contributed by atoms with E-state index >= 15 is 0 Å². The lowest BCUT2D eigenvalue weighted by Gasteiger charge is -2.12. The minimum absolute atomic E-state index is 0.0293. The van der Waals surface area contributed by atoms with Crippen LogP contribution >= 0.6 is 0 Å². The van der Waals surface area contributed by atoms with E-state index in [1.54, 1.807) is 45.2 Å². The standard InChI is InChI=1S/C14H15NO2.C10H19N3O4.C9H10.C8H10O3S.C4H8N2O2.C3H6O2.C2H6.2C2H2/c1-3-15-14(16)13-11-7-5-4-6-10(11)8-9-12(13)17-2;1-6(3-9(15)16)4-12-5-8(14)13-7(2)10(11)17;1-3-9-7-5-4-6-8(9)2;1-7-2-4-8(5-3-7)6-12(9,10)11;1-5-4(8)2-6-3-7;1-2-3(4)5;3*1-2/h4-9H,3H2,1-2H3,(H,15,16);6-7,12H,3-5H2,1-2H3,(H2,11,17)(H,13,14)(H,15,16);3-7H,1H2,2H3;2-5H,6H2,1H3,(H,9,10,11);3H,2H2,1H3,(H,5,8)(H,6,7);2H2,1H3,(H,4,5);1-2H3;2*1-2H/t;6-,7-;;;;;;;/m.0......./s1. The number of hydrogen-bond donors (Lipinski definition) is 9. The van der Waals surface area contributed by atoms with Gasteiger partial charge < -0.3 is 47.3 Å². The molecule has 74 heavy (non-hydrogen) atoms. The number of terminal acetylenes is 2. The van der Waals surface area contributed by atoms with E-state index in [9.17, 15) is 42.0 Å². The zero-order chi connectivity index (χ0) is 58.2. The summed E-state index contributed by atoms with van der Waals surface area (Å²) in [5, 5.41) is 30.8. The molecule has 4 aromatic rings. The molecule has 19 nitrogen and oxygen atoms in total. The summed E-state index contributed by atoms with van der Waals surface area (Å²) in [6.45, 7) is 19.6. The quantitative estimate of drug-likeness (QED) is 0.0324. The molecule has 0 aliphatic carbocycles. The van der Waals surface area contributed by atoms with Crippen LogP contribution < -0.4 is 37.1 Å². The number of primary amides is 1. The lowest BCUT2D eigenvalue weighted by atomic mass is 10.0. The average molecular weight is 1050 g/mol. The van der Waals surface area contributed by atoms with Crippen molar-refractivity contribution in [2.24, 2.45) is 11.7 Å². The Kier molecular flexibility index (Phi) is 47.9. The minimum Gasteiger partial charge on any atom is -0.496 e. The molecule has 0 fully saturated rings. The van der Waals surface area contributed by atoms with Gasteiger partial charge in [-0.3, -0.25) is 38.1 Å². The number of nitrogens with two attached hydrogens (primary N) is 1. The van der Waals surface area contributed by atoms with Gasteiger partial charge in [0.15, 0.2) is 0 Å². The maximum absolute atomic E-state index is 12.0. The van der Waals surface area contributed by atoms with Crippen LogP contribution in [0.4, 0.5) is 0 Å². The molecule has 2 atom stereocenters. The van der Waals surface area contributed by atoms with Gasteiger partial charge in [-0.25, -0.2) is 0 Å². The second kappa shape index (κ2) is 47.3. The van der Waals surface area contributed by atoms with Gasteiger partial charge in [-0.2, -0.15) is 8.42 Å². The van der Waals surface area contributed by atoms with Crippen LogP contribution in [0.5, 0.6) is 5.75 Å². The van der Waals surface area contributed by atoms with E-state index in [1.807, 2.05) is 82.3 Å². The molecule has 0 aliphatic rings. The fraction of sp³-hybridized carbons (Fsp3) is 0.352. The Balaban J connectivity index is -0.000000261. The number of carbonyl (C=O) groups excluding carboxylic acids is 5. The summed E-state index contributed by atoms with van der Waals surface area (Å²) in [6.07, 6.45) is 18.6. The third-order valence-electron chi connectivity index (χ3n) is 8.59. The summed E-state index contributed by atoms with van der Waals surface area (Å²) in [5.41, 5.74) is 9.75. The van der Waals surface area contributed by atoms with Gasteiger partial charge in [-0.05, 0) is 73.7 Å². The molecule has 0 spiro atoms. The molecule has 0 saturated heterocycles. The number of aryl methyl sites for hydroxylation is 2. The second-order valence-electron chi connectivity index (χ2n) is 14.4. The van der Waals surface area contributed by atoms with E-state index in [0.717, 1.165) is 16.3 Å². The molecule has 0 radical (unpaired) electrons. The van der Waals surface area contributed by atoms with E-state index in [4.69, 9.17) is 25.2 Å². The average Bonchev–Trinajstić information content (AvgIpc) is 3.38. The highest BCUT2D eigenvalue weighted by molar-refractivity contribution is 7.85. The van der Waals surface area contributed by atoms with Crippen molar-refractivity contribution in [1.82, 2.24) is 26.6 Å². The van der Waals surface area contributed by atoms with E-state index in [2.05, 4.69) is 77.9 Å². The second-order valence-corrected chi connectivity index (χ2v) is 15.9. The van der Waals surface area contributed by atoms with Crippen molar-refractivity contribution in [2.45, 2.75) is 80.0 Å². The Morgan fingerprint density at radius 2 is 1.35 bits per heavy atom. The molecule has 10 N–H and O–H groups in total. The molecule has 4 rings (SSSR count). The molecule has 0 unspecified atom stereocenters. The zero-order valence-electron chi connectivity index (χ0n) is 44.3. The number of carbonyl (C=O) groups is 7. The van der Waals surface area contributed by atoms with Crippen LogP contribution in [0.25, 0.3) is 16.8 Å². The minimum atomic E-state index is -3.89. The number of hydrogen-bond acceptors (Lipinski definition) is 11. The Morgan fingerprint density at radius 3 is 1.78 bits per heavy atom. The van der Waals surface area contributed by atoms with E-state index in [-0.39, 0.29) is 55.3 Å². The number of benzene rings is 4. The van der Waals surface area contributed by atoms with E-state index < -0.39 is 34.0 Å². The molecule has 0 heterocycles. The summed E-state index contributed by atoms with van der Waals surface area (Å²) in [7, 11) is -0.805. The first-order chi connectivity index (χ1) is 35.0. The number of nitrogens with one attached hydrogen (secondary N) is 5. The van der Waals surface area contributed by atoms with Gasteiger partial charge in [0.2, 0.25) is 24.1 Å². The Labute approximate surface area is 438 Å². The number of fused-ring (bicyclic) bond motifs is 1. The molecular weight excluding hydrogens is 973 g/mol. The van der Waals surface area contributed by atoms with Crippen LogP contribution in [0.3, 0.4) is 0 Å². The Bertz CT molecular complexity index is 2400. The molecule has 408 valence electrons. The monoisotopic (exact) mass is 1050 g/mol. The lowest BCUT2D eigenvalue weighted by Crippen LogP contribution is -2.45. The number of amides is 5. The van der Waals surface area contributed by atoms with Gasteiger partial charge in [-0.15, -0.1) is 25.7 Å². The highest BCUT2D eigenvalue weighted by atomic mass is 32.2. The zero-order valence-corrected chi connectivity index (χ0v) is 45.1. The summed E-state index contributed by atoms with van der Waals surface area (Å²) >= 11 is 0. The maximum Gasteiger partial charge on any atom is 0.303 e. The number of carboxylic acid groups (broad SMARTS) is 2. The number of likely N-dealkylation sites (N-methyl/N-ethyl adjacent to an activating group) is 1. The molecule has 5 amide bonds. The van der Waals surface area contributed by atoms with Gasteiger partial charge in [0.25, 0.3) is 16.0 Å². The van der Waals surface area contributed by atoms with Crippen molar-refractivity contribution >= 4 is 68.9 Å². The normalized spacial score (nSPS) is 9.93. The number of aliphatic carboxylic acids is 2. The van der Waals surface area contributed by atoms with Gasteiger partial charge >= 0.3 is 11.9 Å². The molecular formula is C54H78N6O13S. The molecule has 0 aliphatic heterocycles. The van der Waals surface area contributed by atoms with Crippen molar-refractivity contribution in [3.05, 3.63) is 119 Å². The van der Waals surface area contributed by atoms with E-state index in [0.29, 0.717) is 36.4 Å². The number of ether oxygens (including phenoxy) is 1. The molecule has 0 aromatic heterocycles. The van der Waals surface area contributed by atoms with Gasteiger partial charge in [-0.1, -0.05) is 125 Å². The largest absolute Gasteiger partial charge is 0.496 e. The molecule has 0 bridgehead atoms. The van der Waals surface area contributed by atoms with Crippen molar-refractivity contribution in [3.63, 3.8) is 0 Å². The highest BCUT2D eigenvalue weighted by Gasteiger charge is 2.15. The topological polar surface area (TPSA) is 310 Å². The summed E-state index contributed by atoms with van der Waals surface area (Å²) in [6, 6.07) is 26.0. The first-order valence-corrected chi connectivity index (χ1v) is 24.4. The van der Waals surface area contributed by atoms with Crippen molar-refractivity contribution in [2.75, 3.05) is 40.3 Å². The van der Waals surface area contributed by atoms with Gasteiger partial charge in [0.05, 0.1) is 25.8 Å². The fourth-order valence-electron chi connectivity index (χ4n) is 5.00. The molecule has 4 aromatic carbocycles. The van der Waals surface area contributed by atoms with Crippen LogP contribution in [0.2, 0.25) is 0 Å². The Morgan fingerprint density at radius 1 is 0.811 bits per heavy atom. The van der Waals surface area contributed by atoms with Crippen LogP contribution in [-0.2, 0) is 44.6 Å². The van der Waals surface area contributed by atoms with Crippen molar-refractivity contribution < 1.29 is 61.5 Å². The number of rotatable bonds is 18. The number of methoxy groups -OCH3 is 1. The van der Waals surface area contributed by atoms with Crippen molar-refractivity contribution in [1.29, 1.82) is 0 Å². The summed E-state index contributed by atoms with van der Waals surface area (Å²) in [5.74, 6) is -2.62. The summed E-state index contributed by atoms with van der Waals surface area (Å²) in [4.78, 5) is 73.5. The predicted molar refractivity (Wildman–Crippen MR) is 294 cm³/mol. The first kappa shape index (κ1) is 74.9. The third kappa shape index (κ3) is 40.7. The summed E-state index contributed by atoms with van der Waals surface area (Å²) < 4.78 is 34.7. The smallest absolute Gasteiger partial charge is 0.303 e. The molecule has 0 saturated carbocycles. The highest BCUT2D eigenvalue weighted by Crippen LogP contribution is 2.27. The lowest BCUT2D eigenvalue weighted by molar-refractivity contribution is -0.138. The third-order valence-corrected chi connectivity index (χ3v) is 9.28. The maximum atomic E-state index is 12.0. The fourth-order valence-corrected chi connectivity index (χ4v) is 5.62. The molecule has 20 heteroatoms.